The van der Waals surface area contributed by atoms with Crippen molar-refractivity contribution in [3.05, 3.63) is 59.7 Å². The third kappa shape index (κ3) is 3.20. The SMILES string of the molecule is CN(C)C1Cc2ccccc2Sc2ccccc2C1.Cl. The van der Waals surface area contributed by atoms with E-state index in [0.29, 0.717) is 6.04 Å². The Bertz CT molecular complexity index is 535. The molecule has 3 rings (SSSR count). The van der Waals surface area contributed by atoms with Gasteiger partial charge in [-0.3, -0.25) is 0 Å². The first-order valence-electron chi connectivity index (χ1n) is 6.74. The van der Waals surface area contributed by atoms with Crippen molar-refractivity contribution in [3.63, 3.8) is 0 Å². The second-order valence-electron chi connectivity index (χ2n) is 5.34. The lowest BCUT2D eigenvalue weighted by Gasteiger charge is -2.28. The zero-order valence-corrected chi connectivity index (χ0v) is 13.5. The van der Waals surface area contributed by atoms with Crippen molar-refractivity contribution in [2.24, 2.45) is 0 Å². The van der Waals surface area contributed by atoms with Crippen molar-refractivity contribution in [1.82, 2.24) is 4.90 Å². The van der Waals surface area contributed by atoms with E-state index in [9.17, 15) is 0 Å². The first kappa shape index (κ1) is 15.4. The summed E-state index contributed by atoms with van der Waals surface area (Å²) in [5.41, 5.74) is 2.95. The molecule has 0 fully saturated rings. The van der Waals surface area contributed by atoms with Crippen molar-refractivity contribution in [1.29, 1.82) is 0 Å². The second-order valence-corrected chi connectivity index (χ2v) is 6.43. The molecule has 1 nitrogen and oxygen atoms in total. The van der Waals surface area contributed by atoms with Crippen LogP contribution in [0.3, 0.4) is 0 Å². The first-order valence-corrected chi connectivity index (χ1v) is 7.56. The zero-order valence-electron chi connectivity index (χ0n) is 11.9. The molecular formula is C17H20ClNS. The van der Waals surface area contributed by atoms with Crippen LogP contribution in [0, 0.1) is 0 Å². The molecule has 106 valence electrons. The van der Waals surface area contributed by atoms with Gasteiger partial charge >= 0.3 is 0 Å². The highest BCUT2D eigenvalue weighted by Gasteiger charge is 2.20. The molecule has 1 aliphatic rings. The van der Waals surface area contributed by atoms with Gasteiger partial charge in [0.25, 0.3) is 0 Å². The minimum atomic E-state index is 0. The largest absolute Gasteiger partial charge is 0.306 e. The van der Waals surface area contributed by atoms with Crippen LogP contribution in [0.25, 0.3) is 0 Å². The van der Waals surface area contributed by atoms with Gasteiger partial charge in [0, 0.05) is 15.8 Å². The summed E-state index contributed by atoms with van der Waals surface area (Å²) in [6.07, 6.45) is 2.26. The second kappa shape index (κ2) is 6.66. The molecular weight excluding hydrogens is 286 g/mol. The van der Waals surface area contributed by atoms with Crippen LogP contribution >= 0.6 is 24.2 Å². The molecule has 0 saturated heterocycles. The molecule has 2 aromatic rings. The molecule has 0 unspecified atom stereocenters. The molecule has 0 atom stereocenters. The summed E-state index contributed by atoms with van der Waals surface area (Å²) in [6.45, 7) is 0. The Balaban J connectivity index is 0.00000147. The Morgan fingerprint density at radius 2 is 1.30 bits per heavy atom. The van der Waals surface area contributed by atoms with Gasteiger partial charge in [0.1, 0.15) is 0 Å². The molecule has 0 bridgehead atoms. The van der Waals surface area contributed by atoms with E-state index in [1.54, 1.807) is 0 Å². The summed E-state index contributed by atoms with van der Waals surface area (Å²) < 4.78 is 0. The van der Waals surface area contributed by atoms with Crippen molar-refractivity contribution in [3.8, 4) is 0 Å². The average molecular weight is 306 g/mol. The van der Waals surface area contributed by atoms with E-state index in [-0.39, 0.29) is 12.4 Å². The van der Waals surface area contributed by atoms with E-state index < -0.39 is 0 Å². The third-order valence-corrected chi connectivity index (χ3v) is 5.04. The summed E-state index contributed by atoms with van der Waals surface area (Å²) in [5.74, 6) is 0. The van der Waals surface area contributed by atoms with E-state index in [4.69, 9.17) is 0 Å². The van der Waals surface area contributed by atoms with Gasteiger partial charge in [-0.15, -0.1) is 12.4 Å². The fourth-order valence-corrected chi connectivity index (χ4v) is 3.70. The third-order valence-electron chi connectivity index (χ3n) is 3.81. The number of rotatable bonds is 1. The van der Waals surface area contributed by atoms with Crippen LogP contribution in [0.5, 0.6) is 0 Å². The fourth-order valence-electron chi connectivity index (χ4n) is 2.61. The molecule has 1 heterocycles. The highest BCUT2D eigenvalue weighted by Crippen LogP contribution is 2.36. The number of nitrogens with zero attached hydrogens (tertiary/aromatic N) is 1. The predicted molar refractivity (Wildman–Crippen MR) is 89.1 cm³/mol. The monoisotopic (exact) mass is 305 g/mol. The topological polar surface area (TPSA) is 3.24 Å². The van der Waals surface area contributed by atoms with Crippen molar-refractivity contribution >= 4 is 24.2 Å². The predicted octanol–water partition coefficient (Wildman–Crippen LogP) is 4.29. The summed E-state index contributed by atoms with van der Waals surface area (Å²) in [7, 11) is 4.37. The molecule has 0 radical (unpaired) electrons. The maximum Gasteiger partial charge on any atom is 0.0171 e. The van der Waals surface area contributed by atoms with Crippen LogP contribution in [0.1, 0.15) is 11.1 Å². The van der Waals surface area contributed by atoms with Gasteiger partial charge in [0.05, 0.1) is 0 Å². The van der Waals surface area contributed by atoms with Gasteiger partial charge in [0.15, 0.2) is 0 Å². The highest BCUT2D eigenvalue weighted by atomic mass is 35.5. The molecule has 2 aromatic carbocycles. The molecule has 3 heteroatoms. The van der Waals surface area contributed by atoms with E-state index in [2.05, 4.69) is 67.5 Å². The van der Waals surface area contributed by atoms with E-state index >= 15 is 0 Å². The van der Waals surface area contributed by atoms with Gasteiger partial charge in [-0.05, 0) is 50.2 Å². The number of halogens is 1. The summed E-state index contributed by atoms with van der Waals surface area (Å²) in [4.78, 5) is 5.16. The molecule has 20 heavy (non-hydrogen) atoms. The van der Waals surface area contributed by atoms with Crippen LogP contribution in [0.2, 0.25) is 0 Å². The van der Waals surface area contributed by atoms with E-state index in [1.807, 2.05) is 11.8 Å². The van der Waals surface area contributed by atoms with Gasteiger partial charge in [-0.25, -0.2) is 0 Å². The van der Waals surface area contributed by atoms with Crippen LogP contribution in [-0.4, -0.2) is 25.0 Å². The quantitative estimate of drug-likeness (QED) is 0.773. The number of hydrogen-bond acceptors (Lipinski definition) is 2. The van der Waals surface area contributed by atoms with Crippen LogP contribution in [0.15, 0.2) is 58.3 Å². The summed E-state index contributed by atoms with van der Waals surface area (Å²) >= 11 is 1.91. The number of benzene rings is 2. The van der Waals surface area contributed by atoms with Gasteiger partial charge in [0.2, 0.25) is 0 Å². The van der Waals surface area contributed by atoms with Gasteiger partial charge in [-0.2, -0.15) is 0 Å². The van der Waals surface area contributed by atoms with Crippen molar-refractivity contribution in [2.75, 3.05) is 14.1 Å². The molecule has 0 saturated carbocycles. The zero-order chi connectivity index (χ0) is 13.2. The number of fused-ring (bicyclic) bond motifs is 2. The molecule has 0 N–H and O–H groups in total. The van der Waals surface area contributed by atoms with Crippen LogP contribution in [0.4, 0.5) is 0 Å². The minimum absolute atomic E-state index is 0. The Kier molecular flexibility index (Phi) is 5.14. The fraction of sp³-hybridized carbons (Fsp3) is 0.294. The molecule has 0 aromatic heterocycles. The molecule has 0 amide bonds. The highest BCUT2D eigenvalue weighted by molar-refractivity contribution is 7.99. The van der Waals surface area contributed by atoms with Gasteiger partial charge < -0.3 is 4.90 Å². The minimum Gasteiger partial charge on any atom is -0.306 e. The van der Waals surface area contributed by atoms with Crippen molar-refractivity contribution in [2.45, 2.75) is 28.7 Å². The Morgan fingerprint density at radius 1 is 0.850 bits per heavy atom. The van der Waals surface area contributed by atoms with Crippen LogP contribution in [-0.2, 0) is 12.8 Å². The average Bonchev–Trinajstić information content (AvgIpc) is 2.38. The lowest BCUT2D eigenvalue weighted by molar-refractivity contribution is 0.287. The Labute approximate surface area is 131 Å². The normalized spacial score (nSPS) is 14.8. The molecule has 1 aliphatic heterocycles. The van der Waals surface area contributed by atoms with Crippen molar-refractivity contribution < 1.29 is 0 Å². The molecule has 0 aliphatic carbocycles. The van der Waals surface area contributed by atoms with Gasteiger partial charge in [-0.1, -0.05) is 48.2 Å². The Hall–Kier alpha value is -0.960. The van der Waals surface area contributed by atoms with Crippen LogP contribution < -0.4 is 0 Å². The lowest BCUT2D eigenvalue weighted by atomic mass is 9.98. The number of likely N-dealkylation sites (N-methyl/N-ethyl adjacent to an activating group) is 1. The maximum absolute atomic E-state index is 2.35. The smallest absolute Gasteiger partial charge is 0.0171 e. The maximum atomic E-state index is 2.35. The Morgan fingerprint density at radius 3 is 1.75 bits per heavy atom. The van der Waals surface area contributed by atoms with E-state index in [1.165, 1.54) is 20.9 Å². The van der Waals surface area contributed by atoms with E-state index in [0.717, 1.165) is 12.8 Å². The first-order chi connectivity index (χ1) is 9.24. The summed E-state index contributed by atoms with van der Waals surface area (Å²) in [6, 6.07) is 18.2. The number of hydrogen-bond donors (Lipinski definition) is 0. The summed E-state index contributed by atoms with van der Waals surface area (Å²) in [5, 5.41) is 0. The lowest BCUT2D eigenvalue weighted by Crippen LogP contribution is -2.33. The standard InChI is InChI=1S/C17H19NS.ClH/c1-18(2)15-11-13-7-3-5-9-16(13)19-17-10-6-4-8-14(17)12-15;/h3-10,15H,11-12H2,1-2H3;1H. The molecule has 0 spiro atoms.